The number of carbonyl (C=O) groups is 1. The molecule has 2 N–H and O–H groups in total. The fraction of sp³-hybridized carbons (Fsp3) is 0.909. The molecule has 1 amide bonds. The number of rotatable bonds is 3. The number of hydrogen-bond acceptors (Lipinski definition) is 3. The van der Waals surface area contributed by atoms with Crippen LogP contribution in [0.15, 0.2) is 0 Å². The molecule has 2 atom stereocenters. The van der Waals surface area contributed by atoms with Crippen LogP contribution in [0.4, 0.5) is 0 Å². The van der Waals surface area contributed by atoms with E-state index in [0.29, 0.717) is 5.92 Å². The minimum atomic E-state index is -0.378. The first-order valence-electron chi connectivity index (χ1n) is 5.69. The summed E-state index contributed by atoms with van der Waals surface area (Å²) < 4.78 is 0. The van der Waals surface area contributed by atoms with Crippen molar-refractivity contribution in [1.29, 1.82) is 0 Å². The van der Waals surface area contributed by atoms with Crippen LogP contribution in [0.1, 0.15) is 19.8 Å². The zero-order valence-electron chi connectivity index (χ0n) is 10.9. The average Bonchev–Trinajstić information content (AvgIpc) is 2.16. The molecule has 1 heterocycles. The third-order valence-corrected chi connectivity index (χ3v) is 3.02. The Bertz CT molecular complexity index is 227. The summed E-state index contributed by atoms with van der Waals surface area (Å²) in [7, 11) is 3.99. The lowest BCUT2D eigenvalue weighted by atomic mass is 9.98. The minimum absolute atomic E-state index is 0. The molecule has 17 heavy (non-hydrogen) atoms. The van der Waals surface area contributed by atoms with Crippen LogP contribution >= 0.6 is 24.8 Å². The average molecular weight is 286 g/mol. The van der Waals surface area contributed by atoms with Crippen LogP contribution in [-0.2, 0) is 4.79 Å². The maximum absolute atomic E-state index is 11.6. The number of hydrogen-bond donors (Lipinski definition) is 1. The molecular weight excluding hydrogens is 261 g/mol. The van der Waals surface area contributed by atoms with Gasteiger partial charge in [-0.15, -0.1) is 24.8 Å². The monoisotopic (exact) mass is 285 g/mol. The highest BCUT2D eigenvalue weighted by Gasteiger charge is 2.21. The van der Waals surface area contributed by atoms with Gasteiger partial charge >= 0.3 is 0 Å². The van der Waals surface area contributed by atoms with Crippen LogP contribution in [0.3, 0.4) is 0 Å². The standard InChI is InChI=1S/C11H23N3O.2ClH/c1-9(12)11(15)14(3)8-10-5-4-6-13(2)7-10;;/h9-10H,4-8,12H2,1-3H3;2*1H. The Balaban J connectivity index is 0. The van der Waals surface area contributed by atoms with Crippen molar-refractivity contribution in [1.82, 2.24) is 9.80 Å². The molecule has 1 aliphatic heterocycles. The van der Waals surface area contributed by atoms with Crippen molar-refractivity contribution in [3.63, 3.8) is 0 Å². The number of amides is 1. The number of likely N-dealkylation sites (N-methyl/N-ethyl adjacent to an activating group) is 1. The number of halogens is 2. The molecule has 0 spiro atoms. The van der Waals surface area contributed by atoms with Crippen LogP contribution in [0.5, 0.6) is 0 Å². The summed E-state index contributed by atoms with van der Waals surface area (Å²) >= 11 is 0. The van der Waals surface area contributed by atoms with Gasteiger partial charge in [-0.3, -0.25) is 4.79 Å². The summed E-state index contributed by atoms with van der Waals surface area (Å²) in [5.74, 6) is 0.652. The first-order valence-corrected chi connectivity index (χ1v) is 5.69. The first-order chi connectivity index (χ1) is 7.00. The zero-order chi connectivity index (χ0) is 11.4. The van der Waals surface area contributed by atoms with Gasteiger partial charge in [0.25, 0.3) is 0 Å². The molecule has 0 bridgehead atoms. The SMILES string of the molecule is CC(N)C(=O)N(C)CC1CCCN(C)C1.Cl.Cl. The van der Waals surface area contributed by atoms with Gasteiger partial charge in [-0.2, -0.15) is 0 Å². The van der Waals surface area contributed by atoms with Crippen LogP contribution < -0.4 is 5.73 Å². The van der Waals surface area contributed by atoms with Crippen molar-refractivity contribution in [2.75, 3.05) is 33.7 Å². The van der Waals surface area contributed by atoms with Crippen molar-refractivity contribution in [3.05, 3.63) is 0 Å². The van der Waals surface area contributed by atoms with E-state index in [1.165, 1.54) is 19.4 Å². The highest BCUT2D eigenvalue weighted by molar-refractivity contribution is 5.85. The van der Waals surface area contributed by atoms with E-state index < -0.39 is 0 Å². The molecule has 1 fully saturated rings. The van der Waals surface area contributed by atoms with Crippen molar-refractivity contribution in [2.45, 2.75) is 25.8 Å². The highest BCUT2D eigenvalue weighted by Crippen LogP contribution is 2.15. The van der Waals surface area contributed by atoms with E-state index >= 15 is 0 Å². The molecule has 0 aliphatic carbocycles. The summed E-state index contributed by atoms with van der Waals surface area (Å²) in [6, 6.07) is -0.378. The minimum Gasteiger partial charge on any atom is -0.344 e. The quantitative estimate of drug-likeness (QED) is 0.841. The van der Waals surface area contributed by atoms with Crippen molar-refractivity contribution >= 4 is 30.7 Å². The second-order valence-electron chi connectivity index (χ2n) is 4.78. The molecular formula is C11H25Cl2N3O. The predicted octanol–water partition coefficient (Wildman–Crippen LogP) is 0.977. The molecule has 6 heteroatoms. The lowest BCUT2D eigenvalue weighted by Gasteiger charge is -2.32. The van der Waals surface area contributed by atoms with E-state index in [1.54, 1.807) is 11.8 Å². The number of nitrogens with two attached hydrogens (primary N) is 1. The van der Waals surface area contributed by atoms with Crippen LogP contribution in [0, 0.1) is 5.92 Å². The first kappa shape index (κ1) is 19.3. The largest absolute Gasteiger partial charge is 0.344 e. The Morgan fingerprint density at radius 2 is 2.12 bits per heavy atom. The van der Waals surface area contributed by atoms with E-state index in [-0.39, 0.29) is 36.8 Å². The summed E-state index contributed by atoms with van der Waals surface area (Å²) in [6.45, 7) is 4.86. The lowest BCUT2D eigenvalue weighted by molar-refractivity contribution is -0.131. The van der Waals surface area contributed by atoms with Gasteiger partial charge in [-0.05, 0) is 39.3 Å². The van der Waals surface area contributed by atoms with Gasteiger partial charge < -0.3 is 15.5 Å². The van der Waals surface area contributed by atoms with Crippen LogP contribution in [0.25, 0.3) is 0 Å². The summed E-state index contributed by atoms with van der Waals surface area (Å²) in [5, 5.41) is 0. The molecule has 104 valence electrons. The maximum Gasteiger partial charge on any atom is 0.238 e. The van der Waals surface area contributed by atoms with Gasteiger partial charge in [0, 0.05) is 20.1 Å². The topological polar surface area (TPSA) is 49.6 Å². The van der Waals surface area contributed by atoms with Crippen molar-refractivity contribution in [2.24, 2.45) is 11.7 Å². The molecule has 1 rings (SSSR count). The number of carbonyl (C=O) groups excluding carboxylic acids is 1. The second kappa shape index (κ2) is 8.97. The Kier molecular flexibility index (Phi) is 10.2. The Morgan fingerprint density at radius 3 is 2.59 bits per heavy atom. The molecule has 1 aliphatic rings. The van der Waals surface area contributed by atoms with Crippen molar-refractivity contribution in [3.8, 4) is 0 Å². The predicted molar refractivity (Wildman–Crippen MR) is 76.0 cm³/mol. The third kappa shape index (κ3) is 6.46. The van der Waals surface area contributed by atoms with Crippen molar-refractivity contribution < 1.29 is 4.79 Å². The van der Waals surface area contributed by atoms with Gasteiger partial charge in [0.2, 0.25) is 5.91 Å². The van der Waals surface area contributed by atoms with E-state index in [9.17, 15) is 4.79 Å². The van der Waals surface area contributed by atoms with Crippen LogP contribution in [0.2, 0.25) is 0 Å². The number of nitrogens with zero attached hydrogens (tertiary/aromatic N) is 2. The maximum atomic E-state index is 11.6. The summed E-state index contributed by atoms with van der Waals surface area (Å²) in [5.41, 5.74) is 5.57. The second-order valence-corrected chi connectivity index (χ2v) is 4.78. The molecule has 0 saturated carbocycles. The number of likely N-dealkylation sites (tertiary alicyclic amines) is 1. The normalized spacial score (nSPS) is 22.0. The number of piperidine rings is 1. The van der Waals surface area contributed by atoms with Gasteiger partial charge in [-0.1, -0.05) is 0 Å². The Morgan fingerprint density at radius 1 is 1.53 bits per heavy atom. The van der Waals surface area contributed by atoms with E-state index in [0.717, 1.165) is 13.1 Å². The molecule has 0 radical (unpaired) electrons. The zero-order valence-corrected chi connectivity index (χ0v) is 12.5. The third-order valence-electron chi connectivity index (χ3n) is 3.02. The van der Waals surface area contributed by atoms with E-state index in [4.69, 9.17) is 5.73 Å². The molecule has 2 unspecified atom stereocenters. The summed E-state index contributed by atoms with van der Waals surface area (Å²) in [4.78, 5) is 15.7. The van der Waals surface area contributed by atoms with E-state index in [2.05, 4.69) is 11.9 Å². The highest BCUT2D eigenvalue weighted by atomic mass is 35.5. The van der Waals surface area contributed by atoms with Gasteiger partial charge in [0.1, 0.15) is 0 Å². The molecule has 0 aromatic carbocycles. The lowest BCUT2D eigenvalue weighted by Crippen LogP contribution is -2.44. The fourth-order valence-electron chi connectivity index (χ4n) is 2.25. The smallest absolute Gasteiger partial charge is 0.238 e. The fourth-order valence-corrected chi connectivity index (χ4v) is 2.25. The Labute approximate surface area is 117 Å². The molecule has 1 saturated heterocycles. The van der Waals surface area contributed by atoms with Crippen LogP contribution in [-0.4, -0.2) is 55.5 Å². The molecule has 4 nitrogen and oxygen atoms in total. The molecule has 0 aromatic rings. The van der Waals surface area contributed by atoms with Gasteiger partial charge in [-0.25, -0.2) is 0 Å². The van der Waals surface area contributed by atoms with E-state index in [1.807, 2.05) is 7.05 Å². The van der Waals surface area contributed by atoms with Gasteiger partial charge in [0.15, 0.2) is 0 Å². The Hall–Kier alpha value is -0.0300. The molecule has 0 aromatic heterocycles. The van der Waals surface area contributed by atoms with Gasteiger partial charge in [0.05, 0.1) is 6.04 Å². The summed E-state index contributed by atoms with van der Waals surface area (Å²) in [6.07, 6.45) is 2.46.